The fourth-order valence-corrected chi connectivity index (χ4v) is 2.36. The number of terminal acetylenes is 1. The van der Waals surface area contributed by atoms with Crippen molar-refractivity contribution in [3.63, 3.8) is 0 Å². The normalized spacial score (nSPS) is 32.4. The summed E-state index contributed by atoms with van der Waals surface area (Å²) < 4.78 is 6.72. The average Bonchev–Trinajstić information content (AvgIpc) is 3.01. The summed E-state index contributed by atoms with van der Waals surface area (Å²) in [6.45, 7) is -0.568. The molecule has 3 rings (SSSR count). The van der Waals surface area contributed by atoms with Crippen LogP contribution >= 0.6 is 0 Å². The molecular formula is C12H12N4O5. The molecule has 0 radical (unpaired) electrons. The maximum absolute atomic E-state index is 10.2. The van der Waals surface area contributed by atoms with Crippen LogP contribution in [-0.4, -0.2) is 64.4 Å². The second-order valence-electron chi connectivity index (χ2n) is 4.63. The topological polar surface area (TPSA) is 134 Å². The number of aromatic hydroxyl groups is 1. The zero-order valence-corrected chi connectivity index (χ0v) is 10.7. The van der Waals surface area contributed by atoms with Crippen LogP contribution < -0.4 is 0 Å². The summed E-state index contributed by atoms with van der Waals surface area (Å²) in [5.74, 6) is 1.73. The molecule has 110 valence electrons. The first-order valence-electron chi connectivity index (χ1n) is 6.04. The first-order chi connectivity index (χ1) is 10.0. The molecule has 4 atom stereocenters. The third-order valence-corrected chi connectivity index (χ3v) is 3.53. The van der Waals surface area contributed by atoms with Crippen LogP contribution in [-0.2, 0) is 4.74 Å². The van der Waals surface area contributed by atoms with Gasteiger partial charge in [-0.1, -0.05) is 5.92 Å². The van der Waals surface area contributed by atoms with Crippen molar-refractivity contribution < 1.29 is 25.2 Å². The van der Waals surface area contributed by atoms with E-state index in [1.54, 1.807) is 0 Å². The van der Waals surface area contributed by atoms with Crippen LogP contribution in [0.2, 0.25) is 0 Å². The number of aliphatic hydroxyl groups is 3. The van der Waals surface area contributed by atoms with Crippen LogP contribution in [0.15, 0.2) is 12.7 Å². The van der Waals surface area contributed by atoms with Gasteiger partial charge in [0.2, 0.25) is 5.88 Å². The van der Waals surface area contributed by atoms with Gasteiger partial charge in [-0.3, -0.25) is 4.57 Å². The van der Waals surface area contributed by atoms with Crippen LogP contribution in [0.5, 0.6) is 5.88 Å². The molecule has 0 amide bonds. The van der Waals surface area contributed by atoms with Gasteiger partial charge >= 0.3 is 0 Å². The molecule has 2 aromatic rings. The number of nitrogens with zero attached hydrogens (tertiary/aromatic N) is 4. The van der Waals surface area contributed by atoms with Gasteiger partial charge in [-0.05, 0) is 0 Å². The molecular weight excluding hydrogens is 280 g/mol. The summed E-state index contributed by atoms with van der Waals surface area (Å²) in [7, 11) is 0. The minimum absolute atomic E-state index is 0.116. The average molecular weight is 292 g/mol. The van der Waals surface area contributed by atoms with Gasteiger partial charge in [-0.15, -0.1) is 6.42 Å². The Morgan fingerprint density at radius 2 is 2.19 bits per heavy atom. The number of fused-ring (bicyclic) bond motifs is 1. The highest BCUT2D eigenvalue weighted by atomic mass is 16.6. The summed E-state index contributed by atoms with van der Waals surface area (Å²) in [5.41, 5.74) is -1.72. The van der Waals surface area contributed by atoms with Crippen molar-refractivity contribution >= 4 is 11.2 Å². The molecule has 0 spiro atoms. The van der Waals surface area contributed by atoms with E-state index in [1.807, 2.05) is 5.92 Å². The van der Waals surface area contributed by atoms with Crippen LogP contribution in [0, 0.1) is 12.3 Å². The summed E-state index contributed by atoms with van der Waals surface area (Å²) >= 11 is 0. The summed E-state index contributed by atoms with van der Waals surface area (Å²) in [4.78, 5) is 11.5. The molecule has 1 saturated heterocycles. The molecule has 0 unspecified atom stereocenters. The van der Waals surface area contributed by atoms with Gasteiger partial charge in [0.1, 0.15) is 18.5 Å². The molecule has 0 aromatic carbocycles. The standard InChI is InChI=1S/C12H12N4O5/c1-2-12(20)6(3-17)21-11(8(12)18)16-5-15-7-9(16)13-4-14-10(7)19/h1,4-6,8,11,17-18,20H,3H2,(H,13,14,19)/t6-,8+,11-,12-/m1/s1. The fourth-order valence-electron chi connectivity index (χ4n) is 2.36. The molecule has 0 bridgehead atoms. The lowest BCUT2D eigenvalue weighted by Crippen LogP contribution is -2.47. The Kier molecular flexibility index (Phi) is 3.03. The van der Waals surface area contributed by atoms with Gasteiger partial charge in [0.05, 0.1) is 12.9 Å². The van der Waals surface area contributed by atoms with E-state index in [-0.39, 0.29) is 17.0 Å². The molecule has 1 aliphatic rings. The van der Waals surface area contributed by atoms with Crippen molar-refractivity contribution in [3.05, 3.63) is 12.7 Å². The Morgan fingerprint density at radius 3 is 2.81 bits per heavy atom. The van der Waals surface area contributed by atoms with E-state index in [0.717, 1.165) is 6.33 Å². The Balaban J connectivity index is 2.08. The molecule has 1 aliphatic heterocycles. The van der Waals surface area contributed by atoms with Crippen molar-refractivity contribution in [3.8, 4) is 18.2 Å². The van der Waals surface area contributed by atoms with E-state index in [4.69, 9.17) is 11.2 Å². The molecule has 4 N–H and O–H groups in total. The van der Waals surface area contributed by atoms with Gasteiger partial charge < -0.3 is 25.2 Å². The number of rotatable bonds is 2. The molecule has 1 fully saturated rings. The molecule has 3 heterocycles. The van der Waals surface area contributed by atoms with Gasteiger partial charge in [0.15, 0.2) is 23.0 Å². The highest BCUT2D eigenvalue weighted by Crippen LogP contribution is 2.38. The van der Waals surface area contributed by atoms with E-state index in [1.165, 1.54) is 10.9 Å². The van der Waals surface area contributed by atoms with Crippen molar-refractivity contribution in [2.24, 2.45) is 0 Å². The minimum atomic E-state index is -2.04. The second-order valence-corrected chi connectivity index (χ2v) is 4.63. The smallest absolute Gasteiger partial charge is 0.242 e. The summed E-state index contributed by atoms with van der Waals surface area (Å²) in [6, 6.07) is 0. The number of hydrogen-bond donors (Lipinski definition) is 4. The predicted molar refractivity (Wildman–Crippen MR) is 67.8 cm³/mol. The lowest BCUT2D eigenvalue weighted by Gasteiger charge is -2.23. The van der Waals surface area contributed by atoms with Crippen LogP contribution in [0.1, 0.15) is 6.23 Å². The van der Waals surface area contributed by atoms with Gasteiger partial charge in [-0.25, -0.2) is 9.97 Å². The number of aliphatic hydroxyl groups excluding tert-OH is 2. The third kappa shape index (κ3) is 1.78. The fraction of sp³-hybridized carbons (Fsp3) is 0.417. The van der Waals surface area contributed by atoms with Gasteiger partial charge in [0, 0.05) is 0 Å². The van der Waals surface area contributed by atoms with E-state index >= 15 is 0 Å². The predicted octanol–water partition coefficient (Wildman–Crippen LogP) is -1.85. The molecule has 2 aromatic heterocycles. The highest BCUT2D eigenvalue weighted by molar-refractivity contribution is 5.75. The monoisotopic (exact) mass is 292 g/mol. The quantitative estimate of drug-likeness (QED) is 0.474. The number of aromatic nitrogens is 4. The SMILES string of the molecule is C#C[C@@]1(O)[C@@H](CO)O[C@@H](n2cnc3c(O)ncnc32)[C@@H]1O. The summed E-state index contributed by atoms with van der Waals surface area (Å²) in [5, 5.41) is 39.3. The van der Waals surface area contributed by atoms with Crippen molar-refractivity contribution in [1.82, 2.24) is 19.5 Å². The summed E-state index contributed by atoms with van der Waals surface area (Å²) in [6.07, 6.45) is 3.85. The lowest BCUT2D eigenvalue weighted by molar-refractivity contribution is -0.0605. The first-order valence-corrected chi connectivity index (χ1v) is 6.04. The number of imidazole rings is 1. The van der Waals surface area contributed by atoms with Crippen molar-refractivity contribution in [1.29, 1.82) is 0 Å². The molecule has 0 aliphatic carbocycles. The maximum Gasteiger partial charge on any atom is 0.242 e. The second kappa shape index (κ2) is 4.64. The minimum Gasteiger partial charge on any atom is -0.492 e. The number of hydrogen-bond acceptors (Lipinski definition) is 8. The van der Waals surface area contributed by atoms with Gasteiger partial charge in [-0.2, -0.15) is 4.98 Å². The van der Waals surface area contributed by atoms with Crippen LogP contribution in [0.25, 0.3) is 11.2 Å². The van der Waals surface area contributed by atoms with E-state index in [2.05, 4.69) is 15.0 Å². The van der Waals surface area contributed by atoms with Crippen molar-refractivity contribution in [2.45, 2.75) is 24.0 Å². The highest BCUT2D eigenvalue weighted by Gasteiger charge is 2.55. The van der Waals surface area contributed by atoms with E-state index < -0.39 is 30.6 Å². The maximum atomic E-state index is 10.2. The van der Waals surface area contributed by atoms with Crippen LogP contribution in [0.4, 0.5) is 0 Å². The zero-order valence-electron chi connectivity index (χ0n) is 10.7. The molecule has 0 saturated carbocycles. The Hall–Kier alpha value is -2.25. The number of ether oxygens (including phenoxy) is 1. The first kappa shape index (κ1) is 13.7. The molecule has 21 heavy (non-hydrogen) atoms. The van der Waals surface area contributed by atoms with Crippen LogP contribution in [0.3, 0.4) is 0 Å². The lowest BCUT2D eigenvalue weighted by atomic mass is 9.93. The van der Waals surface area contributed by atoms with Crippen molar-refractivity contribution in [2.75, 3.05) is 6.61 Å². The zero-order chi connectivity index (χ0) is 15.2. The van der Waals surface area contributed by atoms with E-state index in [9.17, 15) is 20.4 Å². The largest absolute Gasteiger partial charge is 0.492 e. The Bertz CT molecular complexity index is 726. The Labute approximate surface area is 118 Å². The van der Waals surface area contributed by atoms with Gasteiger partial charge in [0.25, 0.3) is 0 Å². The third-order valence-electron chi connectivity index (χ3n) is 3.53. The Morgan fingerprint density at radius 1 is 1.43 bits per heavy atom. The molecule has 9 nitrogen and oxygen atoms in total. The van der Waals surface area contributed by atoms with E-state index in [0.29, 0.717) is 0 Å². The molecule has 9 heteroatoms.